The molecule has 0 fully saturated rings. The average molecular weight is 99.1 g/mol. The van der Waals surface area contributed by atoms with Gasteiger partial charge in [0.1, 0.15) is 0 Å². The third-order valence-electron chi connectivity index (χ3n) is 0.512. The molecule has 0 radical (unpaired) electrons. The zero-order valence-electron chi connectivity index (χ0n) is 4.15. The first-order valence-corrected chi connectivity index (χ1v) is 2.09. The maximum atomic E-state index is 6.55. The van der Waals surface area contributed by atoms with Gasteiger partial charge in [0.25, 0.3) is 0 Å². The first kappa shape index (κ1) is 6.14. The van der Waals surface area contributed by atoms with E-state index >= 15 is 0 Å². The van der Waals surface area contributed by atoms with Crippen LogP contribution in [0, 0.1) is 5.41 Å². The van der Waals surface area contributed by atoms with Gasteiger partial charge in [0.15, 0.2) is 0 Å². The Kier molecular flexibility index (Phi) is 4.51. The molecule has 0 saturated heterocycles. The van der Waals surface area contributed by atoms with E-state index in [1.165, 1.54) is 6.21 Å². The minimum absolute atomic E-state index is 0.715. The molecule has 3 heteroatoms. The van der Waals surface area contributed by atoms with Crippen LogP contribution in [0.15, 0.2) is 5.10 Å². The Morgan fingerprint density at radius 3 is 3.00 bits per heavy atom. The maximum absolute atomic E-state index is 6.55. The molecule has 0 aliphatic rings. The smallest absolute Gasteiger partial charge is 0.0378 e. The van der Waals surface area contributed by atoms with Crippen LogP contribution in [0.2, 0.25) is 0 Å². The highest BCUT2D eigenvalue weighted by Crippen LogP contribution is 1.63. The first-order chi connectivity index (χ1) is 3.41. The number of rotatable bonds is 4. The van der Waals surface area contributed by atoms with Crippen molar-refractivity contribution in [1.29, 1.82) is 5.41 Å². The van der Waals surface area contributed by atoms with E-state index in [1.807, 2.05) is 0 Å². The quantitative estimate of drug-likeness (QED) is 0.296. The first-order valence-electron chi connectivity index (χ1n) is 2.09. The van der Waals surface area contributed by atoms with Crippen molar-refractivity contribution < 1.29 is 0 Å². The Bertz CT molecular complexity index is 52.0. The number of hydrogen-bond acceptors (Lipinski definition) is 3. The normalized spacial score (nSPS) is 7.43. The third-order valence-corrected chi connectivity index (χ3v) is 0.512. The molecule has 0 atom stereocenters. The summed E-state index contributed by atoms with van der Waals surface area (Å²) in [7, 11) is 0. The van der Waals surface area contributed by atoms with E-state index in [0.29, 0.717) is 6.54 Å². The Labute approximate surface area is 42.9 Å². The van der Waals surface area contributed by atoms with Crippen molar-refractivity contribution in [3.05, 3.63) is 0 Å². The molecule has 0 aliphatic heterocycles. The van der Waals surface area contributed by atoms with Gasteiger partial charge in [0.05, 0.1) is 0 Å². The molecule has 0 aromatic heterocycles. The van der Waals surface area contributed by atoms with Crippen LogP contribution in [0.4, 0.5) is 0 Å². The zero-order valence-corrected chi connectivity index (χ0v) is 4.15. The van der Waals surface area contributed by atoms with Crippen LogP contribution < -0.4 is 5.43 Å². The van der Waals surface area contributed by atoms with Crippen molar-refractivity contribution in [2.24, 2.45) is 5.10 Å². The second-order valence-corrected chi connectivity index (χ2v) is 1.06. The molecule has 0 unspecified atom stereocenters. The lowest BCUT2D eigenvalue weighted by Gasteiger charge is -1.89. The van der Waals surface area contributed by atoms with E-state index in [2.05, 4.69) is 17.2 Å². The van der Waals surface area contributed by atoms with Crippen LogP contribution >= 0.6 is 0 Å². The fourth-order valence-electron chi connectivity index (χ4n) is 0.216. The number of nitrogens with one attached hydrogen (secondary N) is 2. The molecule has 0 rings (SSSR count). The summed E-state index contributed by atoms with van der Waals surface area (Å²) in [6.07, 6.45) is 2.05. The Morgan fingerprint density at radius 2 is 2.57 bits per heavy atom. The fourth-order valence-corrected chi connectivity index (χ4v) is 0.216. The lowest BCUT2D eigenvalue weighted by Crippen LogP contribution is -2.05. The highest BCUT2D eigenvalue weighted by molar-refractivity contribution is 5.52. The van der Waals surface area contributed by atoms with Crippen LogP contribution in [0.1, 0.15) is 6.42 Å². The van der Waals surface area contributed by atoms with Crippen molar-refractivity contribution in [2.75, 3.05) is 6.54 Å². The molecule has 40 valence electrons. The monoisotopic (exact) mass is 99.1 g/mol. The van der Waals surface area contributed by atoms with Gasteiger partial charge in [-0.2, -0.15) is 5.10 Å². The molecule has 0 saturated carbocycles. The van der Waals surface area contributed by atoms with Crippen molar-refractivity contribution in [3.8, 4) is 0 Å². The summed E-state index contributed by atoms with van der Waals surface area (Å²) in [5, 5.41) is 9.92. The van der Waals surface area contributed by atoms with Crippen LogP contribution in [0.25, 0.3) is 0 Å². The lowest BCUT2D eigenvalue weighted by molar-refractivity contribution is 0.764. The molecule has 0 bridgehead atoms. The molecular formula is C4H9N3. The summed E-state index contributed by atoms with van der Waals surface area (Å²) in [6.45, 7) is 3.91. The van der Waals surface area contributed by atoms with E-state index < -0.39 is 0 Å². The molecular weight excluding hydrogens is 90.1 g/mol. The van der Waals surface area contributed by atoms with Gasteiger partial charge in [0.2, 0.25) is 0 Å². The van der Waals surface area contributed by atoms with Crippen LogP contribution in [-0.4, -0.2) is 19.5 Å². The van der Waals surface area contributed by atoms with Gasteiger partial charge in [-0.15, -0.1) is 0 Å². The van der Waals surface area contributed by atoms with Gasteiger partial charge in [-0.25, -0.2) is 0 Å². The molecule has 0 spiro atoms. The van der Waals surface area contributed by atoms with Crippen LogP contribution in [0.5, 0.6) is 0 Å². The zero-order chi connectivity index (χ0) is 5.54. The molecule has 0 aromatic carbocycles. The molecule has 7 heavy (non-hydrogen) atoms. The van der Waals surface area contributed by atoms with Gasteiger partial charge in [0, 0.05) is 19.7 Å². The standard InChI is InChI=1S/C4H9N3/c1-6-7-4-2-3-5/h3,5,7H,1-2,4H2. The fraction of sp³-hybridized carbons (Fsp3) is 0.500. The highest BCUT2D eigenvalue weighted by atomic mass is 15.3. The van der Waals surface area contributed by atoms with E-state index in [-0.39, 0.29) is 0 Å². The second kappa shape index (κ2) is 5.14. The highest BCUT2D eigenvalue weighted by Gasteiger charge is 1.72. The Morgan fingerprint density at radius 1 is 1.86 bits per heavy atom. The molecule has 0 heterocycles. The third kappa shape index (κ3) is 5.14. The summed E-state index contributed by atoms with van der Waals surface area (Å²) in [6, 6.07) is 0. The predicted molar refractivity (Wildman–Crippen MR) is 31.0 cm³/mol. The Balaban J connectivity index is 2.68. The van der Waals surface area contributed by atoms with Crippen molar-refractivity contribution >= 4 is 12.9 Å². The van der Waals surface area contributed by atoms with E-state index in [1.54, 1.807) is 0 Å². The summed E-state index contributed by atoms with van der Waals surface area (Å²) < 4.78 is 0. The number of hydrazone groups is 1. The van der Waals surface area contributed by atoms with Gasteiger partial charge < -0.3 is 10.8 Å². The van der Waals surface area contributed by atoms with Crippen molar-refractivity contribution in [3.63, 3.8) is 0 Å². The lowest BCUT2D eigenvalue weighted by atomic mass is 10.5. The molecule has 0 aromatic rings. The number of nitrogens with zero attached hydrogens (tertiary/aromatic N) is 1. The summed E-state index contributed by atoms with van der Waals surface area (Å²) in [4.78, 5) is 0. The molecule has 3 nitrogen and oxygen atoms in total. The van der Waals surface area contributed by atoms with Gasteiger partial charge in [-0.05, 0) is 6.21 Å². The largest absolute Gasteiger partial charge is 0.313 e. The minimum Gasteiger partial charge on any atom is -0.313 e. The van der Waals surface area contributed by atoms with Gasteiger partial charge in [-0.3, -0.25) is 0 Å². The number of hydrogen-bond donors (Lipinski definition) is 2. The second-order valence-electron chi connectivity index (χ2n) is 1.06. The van der Waals surface area contributed by atoms with Crippen LogP contribution in [0.3, 0.4) is 0 Å². The van der Waals surface area contributed by atoms with E-state index in [9.17, 15) is 0 Å². The summed E-state index contributed by atoms with van der Waals surface area (Å²) >= 11 is 0. The average Bonchev–Trinajstić information content (AvgIpc) is 1.69. The topological polar surface area (TPSA) is 48.2 Å². The molecule has 2 N–H and O–H groups in total. The van der Waals surface area contributed by atoms with E-state index in [0.717, 1.165) is 6.42 Å². The van der Waals surface area contributed by atoms with Crippen molar-refractivity contribution in [2.45, 2.75) is 6.42 Å². The molecule has 0 aliphatic carbocycles. The van der Waals surface area contributed by atoms with Gasteiger partial charge in [-0.1, -0.05) is 0 Å². The predicted octanol–water partition coefficient (Wildman–Crippen LogP) is 0.231. The Hall–Kier alpha value is -0.860. The summed E-state index contributed by atoms with van der Waals surface area (Å²) in [5.74, 6) is 0. The SMILES string of the molecule is C=NNCCC=N. The molecule has 0 amide bonds. The maximum Gasteiger partial charge on any atom is 0.0378 e. The minimum atomic E-state index is 0.715. The van der Waals surface area contributed by atoms with Crippen LogP contribution in [-0.2, 0) is 0 Å². The van der Waals surface area contributed by atoms with Gasteiger partial charge >= 0.3 is 0 Å². The van der Waals surface area contributed by atoms with E-state index in [4.69, 9.17) is 5.41 Å². The van der Waals surface area contributed by atoms with Crippen molar-refractivity contribution in [1.82, 2.24) is 5.43 Å². The summed E-state index contributed by atoms with van der Waals surface area (Å²) in [5.41, 5.74) is 2.61.